The first kappa shape index (κ1) is 17.7. The molecule has 2 saturated heterocycles. The molecule has 6 nitrogen and oxygen atoms in total. The van der Waals surface area contributed by atoms with Crippen molar-refractivity contribution in [3.8, 4) is 0 Å². The average molecular weight is 344 g/mol. The molecule has 136 valence electrons. The molecule has 2 atom stereocenters. The number of carbonyl (C=O) groups excluding carboxylic acids is 2. The Hall–Kier alpha value is -2.08. The fourth-order valence-electron chi connectivity index (χ4n) is 3.94. The van der Waals surface area contributed by atoms with Crippen LogP contribution in [0, 0.1) is 5.92 Å². The maximum atomic E-state index is 12.5. The first-order valence-electron chi connectivity index (χ1n) is 9.20. The number of hydrogen-bond acceptors (Lipinski definition) is 3. The van der Waals surface area contributed by atoms with Crippen LogP contribution >= 0.6 is 0 Å². The van der Waals surface area contributed by atoms with Crippen LogP contribution in [0.4, 0.5) is 4.79 Å². The van der Waals surface area contributed by atoms with Gasteiger partial charge >= 0.3 is 6.03 Å². The molecule has 3 rings (SSSR count). The van der Waals surface area contributed by atoms with Gasteiger partial charge in [0.25, 0.3) is 0 Å². The Balaban J connectivity index is 1.53. The van der Waals surface area contributed by atoms with Gasteiger partial charge in [0.05, 0.1) is 0 Å². The number of urea groups is 1. The number of carbonyl (C=O) groups is 2. The Morgan fingerprint density at radius 2 is 2.04 bits per heavy atom. The molecule has 0 unspecified atom stereocenters. The first-order valence-corrected chi connectivity index (χ1v) is 9.20. The molecule has 25 heavy (non-hydrogen) atoms. The summed E-state index contributed by atoms with van der Waals surface area (Å²) in [5.74, 6) is 0.657. The normalized spacial score (nSPS) is 23.3. The van der Waals surface area contributed by atoms with Crippen molar-refractivity contribution in [3.63, 3.8) is 0 Å². The van der Waals surface area contributed by atoms with Gasteiger partial charge < -0.3 is 20.4 Å². The summed E-state index contributed by atoms with van der Waals surface area (Å²) in [5.41, 5.74) is 1.10. The summed E-state index contributed by atoms with van der Waals surface area (Å²) in [6.07, 6.45) is 2.37. The smallest absolute Gasteiger partial charge is 0.317 e. The van der Waals surface area contributed by atoms with E-state index in [2.05, 4.69) is 10.6 Å². The molecule has 0 saturated carbocycles. The van der Waals surface area contributed by atoms with Crippen molar-refractivity contribution < 1.29 is 9.59 Å². The molecular formula is C19H28N4O2. The number of piperidine rings is 2. The lowest BCUT2D eigenvalue weighted by Crippen LogP contribution is -2.58. The molecule has 2 N–H and O–H groups in total. The molecule has 0 aliphatic carbocycles. The summed E-state index contributed by atoms with van der Waals surface area (Å²) in [6, 6.07) is 10.2. The number of nitrogens with zero attached hydrogens (tertiary/aromatic N) is 2. The average Bonchev–Trinajstić information content (AvgIpc) is 2.66. The highest BCUT2D eigenvalue weighted by Crippen LogP contribution is 2.31. The number of likely N-dealkylation sites (tertiary alicyclic amines) is 2. The van der Waals surface area contributed by atoms with E-state index in [1.54, 1.807) is 0 Å². The zero-order valence-electron chi connectivity index (χ0n) is 14.9. The standard InChI is InChI=1S/C19H28N4O2/c1-20-10-12-23-17-9-11-22(14-16(17)7-8-18(23)24)19(25)21-13-15-5-3-2-4-6-15/h2-6,16-17,20H,7-14H2,1H3,(H,21,25)/t16-,17+/m0/s1. The van der Waals surface area contributed by atoms with E-state index in [4.69, 9.17) is 0 Å². The molecule has 0 spiro atoms. The van der Waals surface area contributed by atoms with E-state index in [0.717, 1.165) is 38.0 Å². The third-order valence-electron chi connectivity index (χ3n) is 5.32. The van der Waals surface area contributed by atoms with E-state index < -0.39 is 0 Å². The van der Waals surface area contributed by atoms with Crippen LogP contribution in [-0.2, 0) is 11.3 Å². The number of fused-ring (bicyclic) bond motifs is 1. The molecular weight excluding hydrogens is 316 g/mol. The van der Waals surface area contributed by atoms with Crippen molar-refractivity contribution in [2.45, 2.75) is 31.8 Å². The molecule has 2 fully saturated rings. The second kappa shape index (κ2) is 8.34. The Labute approximate surface area is 149 Å². The summed E-state index contributed by atoms with van der Waals surface area (Å²) in [5, 5.41) is 6.14. The molecule has 0 bridgehead atoms. The molecule has 2 aliphatic heterocycles. The number of benzene rings is 1. The predicted molar refractivity (Wildman–Crippen MR) is 97.0 cm³/mol. The lowest BCUT2D eigenvalue weighted by atomic mass is 9.83. The van der Waals surface area contributed by atoms with Gasteiger partial charge in [0.2, 0.25) is 5.91 Å². The fraction of sp³-hybridized carbons (Fsp3) is 0.579. The minimum atomic E-state index is 0.000905. The van der Waals surface area contributed by atoms with E-state index in [1.165, 1.54) is 0 Å². The minimum Gasteiger partial charge on any atom is -0.338 e. The van der Waals surface area contributed by atoms with Crippen molar-refractivity contribution in [1.82, 2.24) is 20.4 Å². The molecule has 2 aliphatic rings. The topological polar surface area (TPSA) is 64.7 Å². The van der Waals surface area contributed by atoms with Crippen LogP contribution in [0.3, 0.4) is 0 Å². The maximum absolute atomic E-state index is 12.5. The van der Waals surface area contributed by atoms with E-state index in [0.29, 0.717) is 25.4 Å². The number of amides is 3. The van der Waals surface area contributed by atoms with Crippen molar-refractivity contribution in [2.24, 2.45) is 5.92 Å². The van der Waals surface area contributed by atoms with Crippen LogP contribution in [0.25, 0.3) is 0 Å². The van der Waals surface area contributed by atoms with Crippen LogP contribution in [-0.4, -0.2) is 61.0 Å². The summed E-state index contributed by atoms with van der Waals surface area (Å²) in [7, 11) is 1.91. The van der Waals surface area contributed by atoms with Crippen LogP contribution < -0.4 is 10.6 Å². The zero-order valence-corrected chi connectivity index (χ0v) is 14.9. The van der Waals surface area contributed by atoms with Crippen LogP contribution in [0.5, 0.6) is 0 Å². The summed E-state index contributed by atoms with van der Waals surface area (Å²) < 4.78 is 0. The Kier molecular flexibility index (Phi) is 5.91. The lowest BCUT2D eigenvalue weighted by Gasteiger charge is -2.47. The quantitative estimate of drug-likeness (QED) is 0.849. The second-order valence-electron chi connectivity index (χ2n) is 6.94. The predicted octanol–water partition coefficient (Wildman–Crippen LogP) is 1.43. The van der Waals surface area contributed by atoms with Gasteiger partial charge in [-0.05, 0) is 31.4 Å². The summed E-state index contributed by atoms with van der Waals surface area (Å²) in [4.78, 5) is 28.7. The van der Waals surface area contributed by atoms with Gasteiger partial charge in [-0.1, -0.05) is 30.3 Å². The van der Waals surface area contributed by atoms with Crippen molar-refractivity contribution >= 4 is 11.9 Å². The van der Waals surface area contributed by atoms with Gasteiger partial charge in [-0.2, -0.15) is 0 Å². The number of likely N-dealkylation sites (N-methyl/N-ethyl adjacent to an activating group) is 1. The lowest BCUT2D eigenvalue weighted by molar-refractivity contribution is -0.140. The number of nitrogens with one attached hydrogen (secondary N) is 2. The molecule has 6 heteroatoms. The molecule has 1 aromatic carbocycles. The van der Waals surface area contributed by atoms with Gasteiger partial charge in [0, 0.05) is 45.2 Å². The maximum Gasteiger partial charge on any atom is 0.317 e. The fourth-order valence-corrected chi connectivity index (χ4v) is 3.94. The Morgan fingerprint density at radius 1 is 1.24 bits per heavy atom. The van der Waals surface area contributed by atoms with Gasteiger partial charge in [-0.15, -0.1) is 0 Å². The number of hydrogen-bond donors (Lipinski definition) is 2. The van der Waals surface area contributed by atoms with Gasteiger partial charge in [-0.25, -0.2) is 4.79 Å². The molecule has 2 heterocycles. The molecule has 0 aromatic heterocycles. The Morgan fingerprint density at radius 3 is 2.80 bits per heavy atom. The SMILES string of the molecule is CNCCN1C(=O)CC[C@H]2CN(C(=O)NCc3ccccc3)CC[C@H]21. The van der Waals surface area contributed by atoms with Gasteiger partial charge in [0.15, 0.2) is 0 Å². The molecule has 3 amide bonds. The van der Waals surface area contributed by atoms with Crippen molar-refractivity contribution in [2.75, 3.05) is 33.2 Å². The highest BCUT2D eigenvalue weighted by atomic mass is 16.2. The molecule has 1 aromatic rings. The Bertz CT molecular complexity index is 592. The number of rotatable bonds is 5. The first-order chi connectivity index (χ1) is 12.2. The molecule has 0 radical (unpaired) electrons. The second-order valence-corrected chi connectivity index (χ2v) is 6.94. The summed E-state index contributed by atoms with van der Waals surface area (Å²) >= 11 is 0. The third kappa shape index (κ3) is 4.31. The largest absolute Gasteiger partial charge is 0.338 e. The van der Waals surface area contributed by atoms with Crippen molar-refractivity contribution in [3.05, 3.63) is 35.9 Å². The monoisotopic (exact) mass is 344 g/mol. The minimum absolute atomic E-state index is 0.000905. The van der Waals surface area contributed by atoms with E-state index in [-0.39, 0.29) is 18.0 Å². The van der Waals surface area contributed by atoms with Gasteiger partial charge in [-0.3, -0.25) is 4.79 Å². The highest BCUT2D eigenvalue weighted by Gasteiger charge is 2.39. The van der Waals surface area contributed by atoms with Gasteiger partial charge in [0.1, 0.15) is 0 Å². The van der Waals surface area contributed by atoms with E-state index in [1.807, 2.05) is 47.2 Å². The van der Waals surface area contributed by atoms with Crippen LogP contribution in [0.15, 0.2) is 30.3 Å². The van der Waals surface area contributed by atoms with Crippen LogP contribution in [0.2, 0.25) is 0 Å². The van der Waals surface area contributed by atoms with E-state index >= 15 is 0 Å². The van der Waals surface area contributed by atoms with Crippen LogP contribution in [0.1, 0.15) is 24.8 Å². The summed E-state index contributed by atoms with van der Waals surface area (Å²) in [6.45, 7) is 3.59. The zero-order chi connectivity index (χ0) is 17.6. The highest BCUT2D eigenvalue weighted by molar-refractivity contribution is 5.78. The van der Waals surface area contributed by atoms with E-state index in [9.17, 15) is 9.59 Å². The third-order valence-corrected chi connectivity index (χ3v) is 5.32. The van der Waals surface area contributed by atoms with Crippen molar-refractivity contribution in [1.29, 1.82) is 0 Å².